The third-order valence-electron chi connectivity index (χ3n) is 3.89. The summed E-state index contributed by atoms with van der Waals surface area (Å²) in [6, 6.07) is 15.2. The number of hydrogen-bond acceptors (Lipinski definition) is 5. The predicted octanol–water partition coefficient (Wildman–Crippen LogP) is 2.61. The van der Waals surface area contributed by atoms with Crippen LogP contribution in [0.25, 0.3) is 11.4 Å². The SMILES string of the molecule is NC(=O)NC(=O)CSc1nnc(-c2ccccc2F)n1CCc1ccccc1. The highest BCUT2D eigenvalue weighted by molar-refractivity contribution is 7.99. The van der Waals surface area contributed by atoms with Gasteiger partial charge in [-0.25, -0.2) is 9.18 Å². The number of amides is 3. The van der Waals surface area contributed by atoms with Crippen molar-refractivity contribution in [2.45, 2.75) is 18.1 Å². The van der Waals surface area contributed by atoms with Crippen molar-refractivity contribution in [2.75, 3.05) is 5.75 Å². The molecule has 3 N–H and O–H groups in total. The lowest BCUT2D eigenvalue weighted by Crippen LogP contribution is -2.36. The van der Waals surface area contributed by atoms with E-state index in [1.54, 1.807) is 22.8 Å². The summed E-state index contributed by atoms with van der Waals surface area (Å²) in [5, 5.41) is 10.7. The molecule has 0 fully saturated rings. The van der Waals surface area contributed by atoms with E-state index in [9.17, 15) is 14.0 Å². The Morgan fingerprint density at radius 2 is 1.79 bits per heavy atom. The van der Waals surface area contributed by atoms with E-state index in [1.165, 1.54) is 6.07 Å². The van der Waals surface area contributed by atoms with Gasteiger partial charge in [0.25, 0.3) is 0 Å². The molecule has 0 unspecified atom stereocenters. The van der Waals surface area contributed by atoms with E-state index in [2.05, 4.69) is 10.2 Å². The zero-order chi connectivity index (χ0) is 19.9. The molecule has 2 aromatic carbocycles. The normalized spacial score (nSPS) is 10.6. The van der Waals surface area contributed by atoms with Crippen molar-refractivity contribution >= 4 is 23.7 Å². The first kappa shape index (κ1) is 19.6. The molecule has 1 heterocycles. The van der Waals surface area contributed by atoms with Crippen molar-refractivity contribution in [3.8, 4) is 11.4 Å². The van der Waals surface area contributed by atoms with Gasteiger partial charge in [0.05, 0.1) is 11.3 Å². The molecule has 9 heteroatoms. The second-order valence-corrected chi connectivity index (χ2v) is 6.82. The fourth-order valence-corrected chi connectivity index (χ4v) is 3.39. The molecule has 28 heavy (non-hydrogen) atoms. The molecule has 0 aliphatic rings. The average Bonchev–Trinajstić information content (AvgIpc) is 3.08. The maximum absolute atomic E-state index is 14.3. The molecule has 0 atom stereocenters. The first-order chi connectivity index (χ1) is 13.5. The Kier molecular flexibility index (Phi) is 6.38. The van der Waals surface area contributed by atoms with Crippen molar-refractivity contribution in [2.24, 2.45) is 5.73 Å². The third-order valence-corrected chi connectivity index (χ3v) is 4.86. The van der Waals surface area contributed by atoms with E-state index >= 15 is 0 Å². The second kappa shape index (κ2) is 9.14. The van der Waals surface area contributed by atoms with E-state index in [-0.39, 0.29) is 5.75 Å². The number of rotatable bonds is 7. The van der Waals surface area contributed by atoms with Crippen LogP contribution in [0.1, 0.15) is 5.56 Å². The van der Waals surface area contributed by atoms with Crippen LogP contribution in [-0.4, -0.2) is 32.5 Å². The highest BCUT2D eigenvalue weighted by Crippen LogP contribution is 2.26. The number of nitrogens with one attached hydrogen (secondary N) is 1. The Bertz CT molecular complexity index is 977. The molecular weight excluding hydrogens is 381 g/mol. The number of nitrogens with zero attached hydrogens (tertiary/aromatic N) is 3. The number of nitrogens with two attached hydrogens (primary N) is 1. The number of carbonyl (C=O) groups excluding carboxylic acids is 2. The van der Waals surface area contributed by atoms with Crippen LogP contribution < -0.4 is 11.1 Å². The number of primary amides is 1. The lowest BCUT2D eigenvalue weighted by atomic mass is 10.1. The number of thioether (sulfide) groups is 1. The number of hydrogen-bond donors (Lipinski definition) is 2. The van der Waals surface area contributed by atoms with Gasteiger partial charge < -0.3 is 10.3 Å². The summed E-state index contributed by atoms with van der Waals surface area (Å²) in [5.41, 5.74) is 6.39. The Morgan fingerprint density at radius 1 is 1.07 bits per heavy atom. The van der Waals surface area contributed by atoms with Crippen LogP contribution in [-0.2, 0) is 17.8 Å². The molecule has 0 aliphatic carbocycles. The van der Waals surface area contributed by atoms with Crippen LogP contribution in [0.15, 0.2) is 59.8 Å². The number of urea groups is 1. The largest absolute Gasteiger partial charge is 0.351 e. The maximum Gasteiger partial charge on any atom is 0.318 e. The van der Waals surface area contributed by atoms with E-state index in [0.717, 1.165) is 17.3 Å². The summed E-state index contributed by atoms with van der Waals surface area (Å²) in [6.45, 7) is 0.500. The molecule has 3 amide bonds. The average molecular weight is 399 g/mol. The molecule has 0 spiro atoms. The minimum absolute atomic E-state index is 0.0658. The van der Waals surface area contributed by atoms with Gasteiger partial charge in [0, 0.05) is 6.54 Å². The van der Waals surface area contributed by atoms with Crippen molar-refractivity contribution < 1.29 is 14.0 Å². The lowest BCUT2D eigenvalue weighted by Gasteiger charge is -2.11. The first-order valence-corrected chi connectivity index (χ1v) is 9.47. The molecular formula is C19H18FN5O2S. The number of benzene rings is 2. The Labute approximate surface area is 165 Å². The maximum atomic E-state index is 14.3. The lowest BCUT2D eigenvalue weighted by molar-refractivity contribution is -0.117. The number of aryl methyl sites for hydroxylation is 1. The van der Waals surface area contributed by atoms with Gasteiger partial charge in [0.2, 0.25) is 5.91 Å². The van der Waals surface area contributed by atoms with Crippen molar-refractivity contribution in [3.63, 3.8) is 0 Å². The van der Waals surface area contributed by atoms with Crippen molar-refractivity contribution in [1.29, 1.82) is 0 Å². The first-order valence-electron chi connectivity index (χ1n) is 8.48. The van der Waals surface area contributed by atoms with E-state index < -0.39 is 17.8 Å². The Hall–Kier alpha value is -3.20. The smallest absolute Gasteiger partial charge is 0.318 e. The summed E-state index contributed by atoms with van der Waals surface area (Å²) in [7, 11) is 0. The van der Waals surface area contributed by atoms with Gasteiger partial charge in [-0.3, -0.25) is 10.1 Å². The zero-order valence-corrected chi connectivity index (χ0v) is 15.7. The molecule has 0 aliphatic heterocycles. The monoisotopic (exact) mass is 399 g/mol. The Morgan fingerprint density at radius 3 is 2.50 bits per heavy atom. The molecule has 3 aromatic rings. The highest BCUT2D eigenvalue weighted by atomic mass is 32.2. The standard InChI is InChI=1S/C19H18FN5O2S/c20-15-9-5-4-8-14(15)17-23-24-19(28-12-16(26)22-18(21)27)25(17)11-10-13-6-2-1-3-7-13/h1-9H,10-12H2,(H3,21,22,26,27). The van der Waals surface area contributed by atoms with Crippen LogP contribution in [0.4, 0.5) is 9.18 Å². The summed E-state index contributed by atoms with van der Waals surface area (Å²) in [6.07, 6.45) is 0.682. The van der Waals surface area contributed by atoms with Gasteiger partial charge in [0.1, 0.15) is 5.82 Å². The summed E-state index contributed by atoms with van der Waals surface area (Å²) >= 11 is 1.10. The topological polar surface area (TPSA) is 103 Å². The van der Waals surface area contributed by atoms with Crippen LogP contribution >= 0.6 is 11.8 Å². The third kappa shape index (κ3) is 4.95. The molecule has 7 nitrogen and oxygen atoms in total. The molecule has 0 saturated heterocycles. The fraction of sp³-hybridized carbons (Fsp3) is 0.158. The molecule has 144 valence electrons. The molecule has 0 bridgehead atoms. The zero-order valence-electron chi connectivity index (χ0n) is 14.8. The number of imide groups is 1. The van der Waals surface area contributed by atoms with Gasteiger partial charge in [-0.2, -0.15) is 0 Å². The second-order valence-electron chi connectivity index (χ2n) is 5.87. The molecule has 0 saturated carbocycles. The van der Waals surface area contributed by atoms with Crippen LogP contribution in [0.3, 0.4) is 0 Å². The highest BCUT2D eigenvalue weighted by Gasteiger charge is 2.18. The van der Waals surface area contributed by atoms with Crippen molar-refractivity contribution in [1.82, 2.24) is 20.1 Å². The summed E-state index contributed by atoms with van der Waals surface area (Å²) in [5.74, 6) is -0.628. The van der Waals surface area contributed by atoms with Gasteiger partial charge in [0.15, 0.2) is 11.0 Å². The van der Waals surface area contributed by atoms with Crippen molar-refractivity contribution in [3.05, 3.63) is 66.0 Å². The van der Waals surface area contributed by atoms with Crippen LogP contribution in [0.5, 0.6) is 0 Å². The van der Waals surface area contributed by atoms with Crippen LogP contribution in [0.2, 0.25) is 0 Å². The van der Waals surface area contributed by atoms with Crippen LogP contribution in [0, 0.1) is 5.82 Å². The Balaban J connectivity index is 1.85. The van der Waals surface area contributed by atoms with E-state index in [4.69, 9.17) is 5.73 Å². The minimum Gasteiger partial charge on any atom is -0.351 e. The quantitative estimate of drug-likeness (QED) is 0.595. The van der Waals surface area contributed by atoms with Gasteiger partial charge in [-0.1, -0.05) is 54.2 Å². The predicted molar refractivity (Wildman–Crippen MR) is 104 cm³/mol. The molecule has 1 aromatic heterocycles. The van der Waals surface area contributed by atoms with Gasteiger partial charge in [-0.15, -0.1) is 10.2 Å². The van der Waals surface area contributed by atoms with Gasteiger partial charge in [-0.05, 0) is 24.1 Å². The number of halogens is 1. The fourth-order valence-electron chi connectivity index (χ4n) is 2.63. The molecule has 0 radical (unpaired) electrons. The van der Waals surface area contributed by atoms with E-state index in [0.29, 0.717) is 29.5 Å². The van der Waals surface area contributed by atoms with E-state index in [1.807, 2.05) is 35.6 Å². The van der Waals surface area contributed by atoms with Gasteiger partial charge >= 0.3 is 6.03 Å². The summed E-state index contributed by atoms with van der Waals surface area (Å²) in [4.78, 5) is 22.5. The summed E-state index contributed by atoms with van der Waals surface area (Å²) < 4.78 is 16.1. The minimum atomic E-state index is -0.914. The number of carbonyl (C=O) groups is 2. The number of aromatic nitrogens is 3. The molecule has 3 rings (SSSR count).